The van der Waals surface area contributed by atoms with Gasteiger partial charge in [-0.2, -0.15) is 5.10 Å². The number of nitrogens with one attached hydrogen (secondary N) is 1. The molecule has 1 aromatic heterocycles. The number of carboxylic acid groups (broad SMARTS) is 1. The quantitative estimate of drug-likeness (QED) is 0.810. The smallest absolute Gasteiger partial charge is 0.307 e. The summed E-state index contributed by atoms with van der Waals surface area (Å²) in [6.45, 7) is 0.604. The number of allylic oxidation sites excluding steroid dienone is 2. The highest BCUT2D eigenvalue weighted by Crippen LogP contribution is 2.48. The molecule has 4 atom stereocenters. The third-order valence-corrected chi connectivity index (χ3v) is 5.08. The van der Waals surface area contributed by atoms with Crippen molar-refractivity contribution in [2.45, 2.75) is 13.0 Å². The van der Waals surface area contributed by atoms with E-state index in [9.17, 15) is 14.7 Å². The number of nitrogens with zero attached hydrogens (tertiary/aromatic N) is 3. The third-order valence-electron chi connectivity index (χ3n) is 5.08. The number of rotatable bonds is 5. The third kappa shape index (κ3) is 2.93. The second kappa shape index (κ2) is 6.16. The maximum absolute atomic E-state index is 12.6. The number of benzene rings is 1. The number of hydrogen-bond donors (Lipinski definition) is 2. The maximum Gasteiger partial charge on any atom is 0.307 e. The largest absolute Gasteiger partial charge is 0.481 e. The van der Waals surface area contributed by atoms with Gasteiger partial charge in [0.05, 0.1) is 18.4 Å². The Bertz CT molecular complexity index is 813. The molecule has 1 saturated carbocycles. The van der Waals surface area contributed by atoms with Gasteiger partial charge in [-0.1, -0.05) is 24.3 Å². The molecule has 7 nitrogen and oxygen atoms in total. The summed E-state index contributed by atoms with van der Waals surface area (Å²) in [7, 11) is 0. The lowest BCUT2D eigenvalue weighted by atomic mass is 9.82. The molecule has 1 fully saturated rings. The molecule has 2 bridgehead atoms. The number of aromatic nitrogens is 3. The second-order valence-corrected chi connectivity index (χ2v) is 6.62. The number of amides is 1. The van der Waals surface area contributed by atoms with Crippen molar-refractivity contribution >= 4 is 17.6 Å². The van der Waals surface area contributed by atoms with Crippen LogP contribution < -0.4 is 5.32 Å². The average molecular weight is 338 g/mol. The Balaban J connectivity index is 1.44. The fourth-order valence-electron chi connectivity index (χ4n) is 3.94. The predicted octanol–water partition coefficient (Wildman–Crippen LogP) is 1.79. The fraction of sp³-hybridized carbons (Fsp3) is 0.333. The molecular weight excluding hydrogens is 320 g/mol. The number of carbonyl (C=O) groups excluding carboxylic acids is 1. The van der Waals surface area contributed by atoms with Crippen LogP contribution >= 0.6 is 0 Å². The van der Waals surface area contributed by atoms with Gasteiger partial charge in [0.25, 0.3) is 0 Å². The molecule has 2 aliphatic carbocycles. The Morgan fingerprint density at radius 1 is 1.16 bits per heavy atom. The van der Waals surface area contributed by atoms with Gasteiger partial charge in [0.1, 0.15) is 12.7 Å². The van der Waals surface area contributed by atoms with E-state index in [2.05, 4.69) is 15.4 Å². The standard InChI is InChI=1S/C18H18N4O3/c23-17(15-12-3-4-13(7-12)16(15)18(24)25)21-14-5-1-11(2-6-14)8-22-10-19-9-20-22/h1-6,9-10,12-13,15-16H,7-8H2,(H,21,23)(H,24,25)/t12-,13-,15-,16+/m0/s1. The molecule has 0 spiro atoms. The number of aliphatic carboxylic acids is 1. The van der Waals surface area contributed by atoms with Crippen LogP contribution in [0.15, 0.2) is 49.1 Å². The van der Waals surface area contributed by atoms with Crippen molar-refractivity contribution < 1.29 is 14.7 Å². The second-order valence-electron chi connectivity index (χ2n) is 6.62. The molecule has 2 aromatic rings. The summed E-state index contributed by atoms with van der Waals surface area (Å²) in [6, 6.07) is 7.46. The van der Waals surface area contributed by atoms with Crippen LogP contribution in [0.2, 0.25) is 0 Å². The fourth-order valence-corrected chi connectivity index (χ4v) is 3.94. The highest BCUT2D eigenvalue weighted by molar-refractivity contribution is 5.96. The molecular formula is C18H18N4O3. The lowest BCUT2D eigenvalue weighted by molar-refractivity contribution is -0.146. The van der Waals surface area contributed by atoms with E-state index in [0.717, 1.165) is 12.0 Å². The minimum absolute atomic E-state index is 0.0247. The highest BCUT2D eigenvalue weighted by atomic mass is 16.4. The van der Waals surface area contributed by atoms with E-state index in [4.69, 9.17) is 0 Å². The molecule has 2 aliphatic rings. The summed E-state index contributed by atoms with van der Waals surface area (Å²) in [6.07, 6.45) is 7.80. The van der Waals surface area contributed by atoms with Gasteiger partial charge in [-0.15, -0.1) is 0 Å². The summed E-state index contributed by atoms with van der Waals surface area (Å²) < 4.78 is 1.71. The van der Waals surface area contributed by atoms with Gasteiger partial charge in [-0.3, -0.25) is 9.59 Å². The summed E-state index contributed by atoms with van der Waals surface area (Å²) >= 11 is 0. The van der Waals surface area contributed by atoms with Crippen LogP contribution in [-0.2, 0) is 16.1 Å². The van der Waals surface area contributed by atoms with E-state index < -0.39 is 17.8 Å². The van der Waals surface area contributed by atoms with E-state index in [1.54, 1.807) is 11.0 Å². The minimum Gasteiger partial charge on any atom is -0.481 e. The molecule has 4 rings (SSSR count). The lowest BCUT2D eigenvalue weighted by Gasteiger charge is -2.23. The van der Waals surface area contributed by atoms with Crippen LogP contribution in [0.4, 0.5) is 5.69 Å². The summed E-state index contributed by atoms with van der Waals surface area (Å²) in [5, 5.41) is 16.4. The van der Waals surface area contributed by atoms with Crippen molar-refractivity contribution in [1.82, 2.24) is 14.8 Å². The van der Waals surface area contributed by atoms with Crippen LogP contribution in [0.3, 0.4) is 0 Å². The molecule has 25 heavy (non-hydrogen) atoms. The van der Waals surface area contributed by atoms with Crippen LogP contribution in [0.1, 0.15) is 12.0 Å². The van der Waals surface area contributed by atoms with Crippen LogP contribution in [0.5, 0.6) is 0 Å². The Labute approximate surface area is 144 Å². The first kappa shape index (κ1) is 15.6. The van der Waals surface area contributed by atoms with Crippen molar-refractivity contribution in [3.05, 3.63) is 54.6 Å². The molecule has 0 unspecified atom stereocenters. The van der Waals surface area contributed by atoms with Crippen molar-refractivity contribution in [1.29, 1.82) is 0 Å². The first-order valence-electron chi connectivity index (χ1n) is 8.25. The molecule has 128 valence electrons. The van der Waals surface area contributed by atoms with Gasteiger partial charge >= 0.3 is 5.97 Å². The van der Waals surface area contributed by atoms with E-state index in [1.165, 1.54) is 6.33 Å². The Kier molecular flexibility index (Phi) is 3.83. The van der Waals surface area contributed by atoms with Crippen molar-refractivity contribution in [3.8, 4) is 0 Å². The maximum atomic E-state index is 12.6. The Hall–Kier alpha value is -2.96. The van der Waals surface area contributed by atoms with Gasteiger partial charge in [0.15, 0.2) is 0 Å². The van der Waals surface area contributed by atoms with E-state index in [0.29, 0.717) is 12.2 Å². The van der Waals surface area contributed by atoms with Gasteiger partial charge < -0.3 is 10.4 Å². The molecule has 1 heterocycles. The van der Waals surface area contributed by atoms with Gasteiger partial charge in [0.2, 0.25) is 5.91 Å². The summed E-state index contributed by atoms with van der Waals surface area (Å²) in [5.74, 6) is -2.22. The zero-order valence-electron chi connectivity index (χ0n) is 13.4. The van der Waals surface area contributed by atoms with Crippen LogP contribution in [-0.4, -0.2) is 31.7 Å². The van der Waals surface area contributed by atoms with Gasteiger partial charge in [-0.05, 0) is 36.0 Å². The normalized spacial score (nSPS) is 26.7. The SMILES string of the molecule is O=C(Nc1ccc(Cn2cncn2)cc1)[C@@H]1[C@H](C(=O)O)[C@H]2C=C[C@H]1C2. The molecule has 1 aromatic carbocycles. The first-order valence-corrected chi connectivity index (χ1v) is 8.25. The van der Waals surface area contributed by atoms with E-state index in [1.807, 2.05) is 36.4 Å². The zero-order chi connectivity index (χ0) is 17.4. The molecule has 0 radical (unpaired) electrons. The molecule has 2 N–H and O–H groups in total. The molecule has 7 heteroatoms. The van der Waals surface area contributed by atoms with Crippen molar-refractivity contribution in [2.75, 3.05) is 5.32 Å². The average Bonchev–Trinajstić information content (AvgIpc) is 3.32. The van der Waals surface area contributed by atoms with Crippen LogP contribution in [0, 0.1) is 23.7 Å². The molecule has 0 saturated heterocycles. The highest BCUT2D eigenvalue weighted by Gasteiger charge is 2.51. The minimum atomic E-state index is -0.889. The Morgan fingerprint density at radius 2 is 1.88 bits per heavy atom. The first-order chi connectivity index (χ1) is 12.1. The van der Waals surface area contributed by atoms with Crippen LogP contribution in [0.25, 0.3) is 0 Å². The molecule has 1 amide bonds. The van der Waals surface area contributed by atoms with Gasteiger partial charge in [0, 0.05) is 5.69 Å². The predicted molar refractivity (Wildman–Crippen MR) is 89.5 cm³/mol. The van der Waals surface area contributed by atoms with Crippen molar-refractivity contribution in [3.63, 3.8) is 0 Å². The number of hydrogen-bond acceptors (Lipinski definition) is 4. The number of fused-ring (bicyclic) bond motifs is 2. The number of carboxylic acids is 1. The summed E-state index contributed by atoms with van der Waals surface area (Å²) in [4.78, 5) is 28.1. The topological polar surface area (TPSA) is 97.1 Å². The van der Waals surface area contributed by atoms with E-state index >= 15 is 0 Å². The van der Waals surface area contributed by atoms with Gasteiger partial charge in [-0.25, -0.2) is 9.67 Å². The molecule has 0 aliphatic heterocycles. The lowest BCUT2D eigenvalue weighted by Crippen LogP contribution is -2.36. The van der Waals surface area contributed by atoms with Crippen molar-refractivity contribution in [2.24, 2.45) is 23.7 Å². The number of carbonyl (C=O) groups is 2. The van der Waals surface area contributed by atoms with E-state index in [-0.39, 0.29) is 17.7 Å². The zero-order valence-corrected chi connectivity index (χ0v) is 13.4. The Morgan fingerprint density at radius 3 is 2.52 bits per heavy atom. The number of anilines is 1. The summed E-state index contributed by atoms with van der Waals surface area (Å²) in [5.41, 5.74) is 1.71. The monoisotopic (exact) mass is 338 g/mol.